The van der Waals surface area contributed by atoms with Gasteiger partial charge in [0, 0.05) is 12.5 Å². The zero-order valence-electron chi connectivity index (χ0n) is 12.0. The predicted octanol–water partition coefficient (Wildman–Crippen LogP) is 2.04. The minimum atomic E-state index is -2.83. The SMILES string of the molecule is O=C(c1nc2n(n1)CCC2c1ccccc1F)N1CC(F)(F)C1. The van der Waals surface area contributed by atoms with Crippen molar-refractivity contribution in [1.82, 2.24) is 19.7 Å². The first-order valence-corrected chi connectivity index (χ1v) is 7.31. The van der Waals surface area contributed by atoms with Crippen LogP contribution in [0.4, 0.5) is 13.2 Å². The zero-order chi connectivity index (χ0) is 16.2. The summed E-state index contributed by atoms with van der Waals surface area (Å²) < 4.78 is 41.3. The van der Waals surface area contributed by atoms with E-state index in [-0.39, 0.29) is 17.6 Å². The summed E-state index contributed by atoms with van der Waals surface area (Å²) in [6.45, 7) is -0.691. The summed E-state index contributed by atoms with van der Waals surface area (Å²) in [5.74, 6) is -3.63. The number of aromatic nitrogens is 3. The minimum absolute atomic E-state index is 0.100. The molecule has 2 aromatic rings. The topological polar surface area (TPSA) is 51.0 Å². The molecule has 1 aromatic heterocycles. The summed E-state index contributed by atoms with van der Waals surface area (Å²) in [5, 5.41) is 4.09. The number of aryl methyl sites for hydroxylation is 1. The van der Waals surface area contributed by atoms with Crippen LogP contribution in [0.5, 0.6) is 0 Å². The molecule has 1 unspecified atom stereocenters. The molecule has 0 N–H and O–H groups in total. The third-order valence-electron chi connectivity index (χ3n) is 4.25. The molecule has 4 rings (SSSR count). The second kappa shape index (κ2) is 4.81. The van der Waals surface area contributed by atoms with E-state index in [1.54, 1.807) is 22.9 Å². The third-order valence-corrected chi connectivity index (χ3v) is 4.25. The molecule has 0 spiro atoms. The Kier molecular flexibility index (Phi) is 2.97. The van der Waals surface area contributed by atoms with Gasteiger partial charge in [-0.15, -0.1) is 5.10 Å². The number of hydrogen-bond acceptors (Lipinski definition) is 3. The molecule has 2 aliphatic heterocycles. The molecule has 23 heavy (non-hydrogen) atoms. The Hall–Kier alpha value is -2.38. The Balaban J connectivity index is 1.60. The van der Waals surface area contributed by atoms with E-state index in [1.807, 2.05) is 0 Å². The molecule has 120 valence electrons. The molecule has 0 aliphatic carbocycles. The van der Waals surface area contributed by atoms with Gasteiger partial charge in [-0.3, -0.25) is 4.79 Å². The van der Waals surface area contributed by atoms with Gasteiger partial charge in [-0.2, -0.15) is 0 Å². The lowest BCUT2D eigenvalue weighted by atomic mass is 9.97. The molecule has 1 amide bonds. The van der Waals surface area contributed by atoms with E-state index in [2.05, 4.69) is 10.1 Å². The highest BCUT2D eigenvalue weighted by molar-refractivity contribution is 5.91. The largest absolute Gasteiger partial charge is 0.324 e. The van der Waals surface area contributed by atoms with Crippen LogP contribution < -0.4 is 0 Å². The van der Waals surface area contributed by atoms with Crippen molar-refractivity contribution in [3.05, 3.63) is 47.3 Å². The van der Waals surface area contributed by atoms with Crippen molar-refractivity contribution in [2.24, 2.45) is 0 Å². The molecule has 1 saturated heterocycles. The van der Waals surface area contributed by atoms with Crippen LogP contribution in [0.2, 0.25) is 0 Å². The third kappa shape index (κ3) is 2.29. The summed E-state index contributed by atoms with van der Waals surface area (Å²) in [5.41, 5.74) is 0.508. The number of benzene rings is 1. The number of hydrogen-bond donors (Lipinski definition) is 0. The first-order chi connectivity index (χ1) is 10.9. The van der Waals surface area contributed by atoms with Crippen LogP contribution in [0.1, 0.15) is 34.3 Å². The normalized spacial score (nSPS) is 21.9. The van der Waals surface area contributed by atoms with Gasteiger partial charge in [0.1, 0.15) is 11.6 Å². The Bertz CT molecular complexity index is 781. The second-order valence-corrected chi connectivity index (χ2v) is 5.90. The van der Waals surface area contributed by atoms with Crippen LogP contribution in [0.15, 0.2) is 24.3 Å². The van der Waals surface area contributed by atoms with Gasteiger partial charge in [0.05, 0.1) is 13.1 Å². The van der Waals surface area contributed by atoms with Gasteiger partial charge in [-0.05, 0) is 18.1 Å². The molecular formula is C15H13F3N4O. The van der Waals surface area contributed by atoms with Gasteiger partial charge in [-0.25, -0.2) is 22.8 Å². The van der Waals surface area contributed by atoms with Crippen LogP contribution in [0.3, 0.4) is 0 Å². The van der Waals surface area contributed by atoms with E-state index >= 15 is 0 Å². The number of rotatable bonds is 2. The molecular weight excluding hydrogens is 309 g/mol. The summed E-state index contributed by atoms with van der Waals surface area (Å²) in [6.07, 6.45) is 0.645. The number of fused-ring (bicyclic) bond motifs is 1. The molecule has 3 heterocycles. The Morgan fingerprint density at radius 3 is 2.70 bits per heavy atom. The van der Waals surface area contributed by atoms with Crippen molar-refractivity contribution < 1.29 is 18.0 Å². The first-order valence-electron chi connectivity index (χ1n) is 7.31. The predicted molar refractivity (Wildman–Crippen MR) is 73.7 cm³/mol. The van der Waals surface area contributed by atoms with E-state index in [1.165, 1.54) is 6.07 Å². The maximum Gasteiger partial charge on any atom is 0.293 e. The Morgan fingerprint density at radius 1 is 1.26 bits per heavy atom. The summed E-state index contributed by atoms with van der Waals surface area (Å²) in [6, 6.07) is 6.41. The highest BCUT2D eigenvalue weighted by atomic mass is 19.3. The lowest BCUT2D eigenvalue weighted by Gasteiger charge is -2.37. The van der Waals surface area contributed by atoms with Crippen molar-refractivity contribution in [2.75, 3.05) is 13.1 Å². The van der Waals surface area contributed by atoms with E-state index in [9.17, 15) is 18.0 Å². The number of likely N-dealkylation sites (tertiary alicyclic amines) is 1. The van der Waals surface area contributed by atoms with Crippen LogP contribution >= 0.6 is 0 Å². The lowest BCUT2D eigenvalue weighted by molar-refractivity contribution is -0.113. The number of carbonyl (C=O) groups excluding carboxylic acids is 1. The molecule has 0 bridgehead atoms. The van der Waals surface area contributed by atoms with E-state index in [4.69, 9.17) is 0 Å². The monoisotopic (exact) mass is 322 g/mol. The fourth-order valence-electron chi connectivity index (χ4n) is 3.10. The highest BCUT2D eigenvalue weighted by Gasteiger charge is 2.47. The van der Waals surface area contributed by atoms with E-state index < -0.39 is 24.9 Å². The fraction of sp³-hybridized carbons (Fsp3) is 0.400. The first kappa shape index (κ1) is 14.2. The van der Waals surface area contributed by atoms with Crippen molar-refractivity contribution in [3.8, 4) is 0 Å². The summed E-state index contributed by atoms with van der Waals surface area (Å²) >= 11 is 0. The van der Waals surface area contributed by atoms with Crippen molar-refractivity contribution in [3.63, 3.8) is 0 Å². The van der Waals surface area contributed by atoms with Crippen LogP contribution in [-0.2, 0) is 6.54 Å². The Labute approximate surface area is 129 Å². The van der Waals surface area contributed by atoms with Crippen molar-refractivity contribution >= 4 is 5.91 Å². The summed E-state index contributed by atoms with van der Waals surface area (Å²) in [4.78, 5) is 17.3. The zero-order valence-corrected chi connectivity index (χ0v) is 12.0. The second-order valence-electron chi connectivity index (χ2n) is 5.90. The molecule has 1 fully saturated rings. The van der Waals surface area contributed by atoms with Gasteiger partial charge in [0.25, 0.3) is 11.8 Å². The molecule has 1 atom stereocenters. The van der Waals surface area contributed by atoms with Crippen molar-refractivity contribution in [1.29, 1.82) is 0 Å². The van der Waals surface area contributed by atoms with Crippen LogP contribution in [-0.4, -0.2) is 44.6 Å². The van der Waals surface area contributed by atoms with Crippen molar-refractivity contribution in [2.45, 2.75) is 24.8 Å². The maximum atomic E-state index is 14.0. The van der Waals surface area contributed by atoms with Crippen LogP contribution in [0.25, 0.3) is 0 Å². The maximum absolute atomic E-state index is 14.0. The molecule has 8 heteroatoms. The highest BCUT2D eigenvalue weighted by Crippen LogP contribution is 2.34. The number of nitrogens with zero attached hydrogens (tertiary/aromatic N) is 4. The lowest BCUT2D eigenvalue weighted by Crippen LogP contribution is -2.58. The van der Waals surface area contributed by atoms with Gasteiger partial charge in [0.2, 0.25) is 5.82 Å². The standard InChI is InChI=1S/C15H13F3N4O/c16-11-4-2-1-3-9(11)10-5-6-22-13(10)19-12(20-22)14(23)21-7-15(17,18)8-21/h1-4,10H,5-8H2. The average molecular weight is 322 g/mol. The Morgan fingerprint density at radius 2 is 2.00 bits per heavy atom. The molecule has 0 radical (unpaired) electrons. The van der Waals surface area contributed by atoms with Crippen LogP contribution in [0, 0.1) is 5.82 Å². The summed E-state index contributed by atoms with van der Waals surface area (Å²) in [7, 11) is 0. The molecule has 5 nitrogen and oxygen atoms in total. The van der Waals surface area contributed by atoms with Gasteiger partial charge in [0.15, 0.2) is 0 Å². The number of amides is 1. The fourth-order valence-corrected chi connectivity index (χ4v) is 3.10. The molecule has 2 aliphatic rings. The van der Waals surface area contributed by atoms with E-state index in [0.717, 1.165) is 4.90 Å². The quantitative estimate of drug-likeness (QED) is 0.850. The van der Waals surface area contributed by atoms with Gasteiger partial charge in [-0.1, -0.05) is 18.2 Å². The minimum Gasteiger partial charge on any atom is -0.324 e. The molecule has 1 aromatic carbocycles. The average Bonchev–Trinajstić information content (AvgIpc) is 3.05. The van der Waals surface area contributed by atoms with Gasteiger partial charge < -0.3 is 4.90 Å². The molecule has 0 saturated carbocycles. The van der Waals surface area contributed by atoms with E-state index in [0.29, 0.717) is 24.4 Å². The number of halogens is 3. The smallest absolute Gasteiger partial charge is 0.293 e. The number of carbonyl (C=O) groups is 1. The number of alkyl halides is 2. The van der Waals surface area contributed by atoms with Gasteiger partial charge >= 0.3 is 0 Å².